The van der Waals surface area contributed by atoms with E-state index in [1.54, 1.807) is 17.3 Å². The number of nitrogens with zero attached hydrogens (tertiary/aromatic N) is 2. The molecule has 0 atom stereocenters. The van der Waals surface area contributed by atoms with E-state index in [-0.39, 0.29) is 17.9 Å². The minimum absolute atomic E-state index is 0.00474. The summed E-state index contributed by atoms with van der Waals surface area (Å²) in [5.74, 6) is -0.0443. The number of benzene rings is 1. The summed E-state index contributed by atoms with van der Waals surface area (Å²) in [6.07, 6.45) is 5.64. The van der Waals surface area contributed by atoms with Gasteiger partial charge in [-0.1, -0.05) is 12.1 Å². The largest absolute Gasteiger partial charge is 0.361 e. The first-order chi connectivity index (χ1) is 12.6. The predicted octanol–water partition coefficient (Wildman–Crippen LogP) is 2.05. The van der Waals surface area contributed by atoms with Crippen molar-refractivity contribution in [2.45, 2.75) is 19.4 Å². The molecule has 132 valence electrons. The van der Waals surface area contributed by atoms with Gasteiger partial charge in [-0.2, -0.15) is 0 Å². The lowest BCUT2D eigenvalue weighted by molar-refractivity contribution is -0.122. The lowest BCUT2D eigenvalue weighted by atomic mass is 10.0. The van der Waals surface area contributed by atoms with Crippen molar-refractivity contribution >= 4 is 22.7 Å². The second kappa shape index (κ2) is 6.63. The number of aryl methyl sites for hydroxylation is 1. The van der Waals surface area contributed by atoms with Crippen LogP contribution in [0.1, 0.15) is 21.5 Å². The average molecular weight is 348 g/mol. The molecule has 1 aliphatic rings. The molecular formula is C20H20N4O2. The molecular weight excluding hydrogens is 328 g/mol. The van der Waals surface area contributed by atoms with Gasteiger partial charge in [-0.15, -0.1) is 0 Å². The minimum atomic E-state index is -0.0395. The molecule has 0 aliphatic carbocycles. The Balaban J connectivity index is 1.30. The zero-order valence-electron chi connectivity index (χ0n) is 14.5. The quantitative estimate of drug-likeness (QED) is 0.757. The Hall–Kier alpha value is -3.15. The number of aromatic nitrogens is 2. The first-order valence-corrected chi connectivity index (χ1v) is 8.65. The third-order valence-corrected chi connectivity index (χ3v) is 4.63. The lowest BCUT2D eigenvalue weighted by Crippen LogP contribution is -2.61. The van der Waals surface area contributed by atoms with E-state index in [1.165, 1.54) is 0 Å². The predicted molar refractivity (Wildman–Crippen MR) is 98.8 cm³/mol. The van der Waals surface area contributed by atoms with Crippen molar-refractivity contribution in [3.05, 3.63) is 65.6 Å². The van der Waals surface area contributed by atoms with E-state index in [4.69, 9.17) is 0 Å². The van der Waals surface area contributed by atoms with Crippen LogP contribution < -0.4 is 5.32 Å². The van der Waals surface area contributed by atoms with E-state index in [0.717, 1.165) is 22.0 Å². The monoisotopic (exact) mass is 348 g/mol. The van der Waals surface area contributed by atoms with Gasteiger partial charge in [-0.3, -0.25) is 14.6 Å². The zero-order chi connectivity index (χ0) is 18.1. The second-order valence-electron chi connectivity index (χ2n) is 6.80. The molecule has 6 nitrogen and oxygen atoms in total. The van der Waals surface area contributed by atoms with Crippen LogP contribution in [0, 0.1) is 6.92 Å². The summed E-state index contributed by atoms with van der Waals surface area (Å²) in [4.78, 5) is 33.7. The van der Waals surface area contributed by atoms with Crippen molar-refractivity contribution in [3.8, 4) is 0 Å². The third-order valence-electron chi connectivity index (χ3n) is 4.63. The smallest absolute Gasteiger partial charge is 0.254 e. The average Bonchev–Trinajstić information content (AvgIpc) is 3.05. The molecule has 0 saturated carbocycles. The summed E-state index contributed by atoms with van der Waals surface area (Å²) in [7, 11) is 0. The van der Waals surface area contributed by atoms with Crippen molar-refractivity contribution < 1.29 is 9.59 Å². The van der Waals surface area contributed by atoms with Crippen molar-refractivity contribution in [1.82, 2.24) is 20.2 Å². The highest BCUT2D eigenvalue weighted by molar-refractivity contribution is 5.98. The van der Waals surface area contributed by atoms with Crippen LogP contribution in [0.4, 0.5) is 0 Å². The highest BCUT2D eigenvalue weighted by Crippen LogP contribution is 2.18. The van der Waals surface area contributed by atoms with Gasteiger partial charge < -0.3 is 15.2 Å². The van der Waals surface area contributed by atoms with Crippen molar-refractivity contribution in [3.63, 3.8) is 0 Å². The van der Waals surface area contributed by atoms with E-state index in [0.29, 0.717) is 25.1 Å². The Bertz CT molecular complexity index is 973. The molecule has 3 heterocycles. The number of hydrogen-bond acceptors (Lipinski definition) is 3. The van der Waals surface area contributed by atoms with Crippen LogP contribution in [0.3, 0.4) is 0 Å². The van der Waals surface area contributed by atoms with Gasteiger partial charge in [0, 0.05) is 42.8 Å². The van der Waals surface area contributed by atoms with E-state index in [9.17, 15) is 9.59 Å². The molecule has 26 heavy (non-hydrogen) atoms. The third kappa shape index (κ3) is 3.31. The standard InChI is InChI=1S/C20H20N4O2/c1-13-6-14(10-21-9-13)7-19(25)23-17-11-24(12-17)20(26)16-3-2-15-4-5-22-18(15)8-16/h2-6,8-10,17,22H,7,11-12H2,1H3,(H,23,25). The highest BCUT2D eigenvalue weighted by Gasteiger charge is 2.32. The molecule has 0 spiro atoms. The maximum Gasteiger partial charge on any atom is 0.254 e. The molecule has 0 bridgehead atoms. The number of H-pyrrole nitrogens is 1. The van der Waals surface area contributed by atoms with Gasteiger partial charge in [0.05, 0.1) is 12.5 Å². The molecule has 2 aromatic heterocycles. The fourth-order valence-corrected chi connectivity index (χ4v) is 3.28. The van der Waals surface area contributed by atoms with Crippen molar-refractivity contribution in [1.29, 1.82) is 0 Å². The molecule has 1 fully saturated rings. The SMILES string of the molecule is Cc1cncc(CC(=O)NC2CN(C(=O)c3ccc4cc[nH]c4c3)C2)c1. The zero-order valence-corrected chi connectivity index (χ0v) is 14.5. The molecule has 1 aromatic carbocycles. The molecule has 6 heteroatoms. The Kier molecular flexibility index (Phi) is 4.16. The van der Waals surface area contributed by atoms with Gasteiger partial charge in [0.1, 0.15) is 0 Å². The minimum Gasteiger partial charge on any atom is -0.361 e. The second-order valence-corrected chi connectivity index (χ2v) is 6.80. The Morgan fingerprint density at radius 2 is 2.08 bits per heavy atom. The maximum atomic E-state index is 12.5. The van der Waals surface area contributed by atoms with Gasteiger partial charge in [0.15, 0.2) is 0 Å². The molecule has 2 N–H and O–H groups in total. The molecule has 3 aromatic rings. The van der Waals surface area contributed by atoms with Crippen LogP contribution in [0.2, 0.25) is 0 Å². The number of amides is 2. The topological polar surface area (TPSA) is 78.1 Å². The van der Waals surface area contributed by atoms with Crippen molar-refractivity contribution in [2.24, 2.45) is 0 Å². The number of carbonyl (C=O) groups is 2. The van der Waals surface area contributed by atoms with Crippen LogP contribution in [-0.2, 0) is 11.2 Å². The van der Waals surface area contributed by atoms with E-state index in [1.807, 2.05) is 43.5 Å². The van der Waals surface area contributed by atoms with Gasteiger partial charge in [0.25, 0.3) is 5.91 Å². The summed E-state index contributed by atoms with van der Waals surface area (Å²) in [5, 5.41) is 4.06. The van der Waals surface area contributed by atoms with E-state index in [2.05, 4.69) is 15.3 Å². The van der Waals surface area contributed by atoms with Crippen LogP contribution in [-0.4, -0.2) is 45.8 Å². The molecule has 1 saturated heterocycles. The number of hydrogen-bond donors (Lipinski definition) is 2. The van der Waals surface area contributed by atoms with E-state index < -0.39 is 0 Å². The lowest BCUT2D eigenvalue weighted by Gasteiger charge is -2.39. The Labute approximate surface area is 151 Å². The van der Waals surface area contributed by atoms with Crippen LogP contribution >= 0.6 is 0 Å². The number of carbonyl (C=O) groups excluding carboxylic acids is 2. The number of nitrogens with one attached hydrogen (secondary N) is 2. The fourth-order valence-electron chi connectivity index (χ4n) is 3.28. The molecule has 1 aliphatic heterocycles. The Morgan fingerprint density at radius 3 is 2.88 bits per heavy atom. The highest BCUT2D eigenvalue weighted by atomic mass is 16.2. The van der Waals surface area contributed by atoms with E-state index >= 15 is 0 Å². The van der Waals surface area contributed by atoms with Gasteiger partial charge in [-0.05, 0) is 41.6 Å². The summed E-state index contributed by atoms with van der Waals surface area (Å²) >= 11 is 0. The van der Waals surface area contributed by atoms with Gasteiger partial charge in [0.2, 0.25) is 5.91 Å². The molecule has 0 radical (unpaired) electrons. The number of pyridine rings is 1. The van der Waals surface area contributed by atoms with Crippen LogP contribution in [0.5, 0.6) is 0 Å². The van der Waals surface area contributed by atoms with Crippen LogP contribution in [0.15, 0.2) is 48.9 Å². The van der Waals surface area contributed by atoms with Crippen LogP contribution in [0.25, 0.3) is 10.9 Å². The first kappa shape index (κ1) is 16.3. The summed E-state index contributed by atoms with van der Waals surface area (Å²) in [6, 6.07) is 9.60. The molecule has 2 amide bonds. The van der Waals surface area contributed by atoms with Gasteiger partial charge in [-0.25, -0.2) is 0 Å². The summed E-state index contributed by atoms with van der Waals surface area (Å²) in [5.41, 5.74) is 3.55. The molecule has 4 rings (SSSR count). The Morgan fingerprint density at radius 1 is 1.23 bits per heavy atom. The summed E-state index contributed by atoms with van der Waals surface area (Å²) in [6.45, 7) is 3.03. The number of rotatable bonds is 4. The maximum absolute atomic E-state index is 12.5. The molecule has 0 unspecified atom stereocenters. The number of aromatic amines is 1. The van der Waals surface area contributed by atoms with Gasteiger partial charge >= 0.3 is 0 Å². The van der Waals surface area contributed by atoms with Crippen molar-refractivity contribution in [2.75, 3.05) is 13.1 Å². The fraction of sp³-hybridized carbons (Fsp3) is 0.250. The summed E-state index contributed by atoms with van der Waals surface area (Å²) < 4.78 is 0. The first-order valence-electron chi connectivity index (χ1n) is 8.65. The number of likely N-dealkylation sites (tertiary alicyclic amines) is 1. The normalized spacial score (nSPS) is 14.3. The number of fused-ring (bicyclic) bond motifs is 1.